The van der Waals surface area contributed by atoms with Crippen LogP contribution in [-0.2, 0) is 14.4 Å². The molecule has 1 aromatic heterocycles. The number of hydrogen-bond acceptors (Lipinski definition) is 6. The number of nitrogens with zero attached hydrogens (tertiary/aromatic N) is 2. The van der Waals surface area contributed by atoms with Crippen LogP contribution in [0.1, 0.15) is 30.7 Å². The standard InChI is InChI=1S/C14H20N4O5/c1-8-6-9(2)17-14(16-8)15-5-3-4-11(19)18-10(13(22)23)7-12(20)21/h6,10H,3-5,7H2,1-2H3,(H,18,19)(H,20,21)(H,22,23)(H,15,16,17). The Morgan fingerprint density at radius 2 is 1.78 bits per heavy atom. The second-order valence-corrected chi connectivity index (χ2v) is 5.06. The first-order valence-corrected chi connectivity index (χ1v) is 7.08. The second kappa shape index (κ2) is 8.66. The van der Waals surface area contributed by atoms with Gasteiger partial charge in [-0.25, -0.2) is 14.8 Å². The van der Waals surface area contributed by atoms with Crippen LogP contribution < -0.4 is 10.6 Å². The van der Waals surface area contributed by atoms with Crippen LogP contribution in [0.25, 0.3) is 0 Å². The van der Waals surface area contributed by atoms with Crippen molar-refractivity contribution in [1.82, 2.24) is 15.3 Å². The molecule has 4 N–H and O–H groups in total. The zero-order valence-corrected chi connectivity index (χ0v) is 13.0. The van der Waals surface area contributed by atoms with Crippen molar-refractivity contribution < 1.29 is 24.6 Å². The number of amides is 1. The van der Waals surface area contributed by atoms with Crippen molar-refractivity contribution in [3.63, 3.8) is 0 Å². The Morgan fingerprint density at radius 1 is 1.17 bits per heavy atom. The first-order valence-electron chi connectivity index (χ1n) is 7.08. The molecule has 0 bridgehead atoms. The molecule has 0 saturated heterocycles. The molecule has 0 aliphatic rings. The minimum Gasteiger partial charge on any atom is -0.481 e. The summed E-state index contributed by atoms with van der Waals surface area (Å²) in [6.07, 6.45) is -0.154. The smallest absolute Gasteiger partial charge is 0.326 e. The van der Waals surface area contributed by atoms with Gasteiger partial charge >= 0.3 is 11.9 Å². The molecule has 126 valence electrons. The number of carbonyl (C=O) groups is 3. The first-order chi connectivity index (χ1) is 10.8. The van der Waals surface area contributed by atoms with Crippen molar-refractivity contribution >= 4 is 23.8 Å². The molecule has 1 amide bonds. The van der Waals surface area contributed by atoms with Gasteiger partial charge in [0, 0.05) is 24.4 Å². The van der Waals surface area contributed by atoms with Crippen LogP contribution in [-0.4, -0.2) is 50.6 Å². The summed E-state index contributed by atoms with van der Waals surface area (Å²) >= 11 is 0. The van der Waals surface area contributed by atoms with Crippen LogP contribution in [0, 0.1) is 13.8 Å². The van der Waals surface area contributed by atoms with E-state index in [4.69, 9.17) is 10.2 Å². The minimum absolute atomic E-state index is 0.0706. The van der Waals surface area contributed by atoms with E-state index in [1.54, 1.807) is 0 Å². The zero-order chi connectivity index (χ0) is 17.4. The second-order valence-electron chi connectivity index (χ2n) is 5.06. The van der Waals surface area contributed by atoms with Gasteiger partial charge in [0.2, 0.25) is 11.9 Å². The number of nitrogens with one attached hydrogen (secondary N) is 2. The number of anilines is 1. The predicted molar refractivity (Wildman–Crippen MR) is 81.0 cm³/mol. The molecule has 0 aliphatic carbocycles. The van der Waals surface area contributed by atoms with Crippen LogP contribution in [0.3, 0.4) is 0 Å². The molecule has 0 radical (unpaired) electrons. The zero-order valence-electron chi connectivity index (χ0n) is 13.0. The molecule has 0 aromatic carbocycles. The number of carboxylic acid groups (broad SMARTS) is 2. The largest absolute Gasteiger partial charge is 0.481 e. The lowest BCUT2D eigenvalue weighted by Gasteiger charge is -2.12. The minimum atomic E-state index is -1.42. The van der Waals surface area contributed by atoms with E-state index in [-0.39, 0.29) is 6.42 Å². The molecule has 1 atom stereocenters. The fraction of sp³-hybridized carbons (Fsp3) is 0.500. The van der Waals surface area contributed by atoms with E-state index in [0.717, 1.165) is 11.4 Å². The molecule has 1 rings (SSSR count). The molecule has 1 aromatic rings. The summed E-state index contributed by atoms with van der Waals surface area (Å²) in [5, 5.41) is 22.6. The maximum absolute atomic E-state index is 11.6. The maximum Gasteiger partial charge on any atom is 0.326 e. The fourth-order valence-corrected chi connectivity index (χ4v) is 1.90. The third-order valence-corrected chi connectivity index (χ3v) is 2.86. The molecule has 23 heavy (non-hydrogen) atoms. The van der Waals surface area contributed by atoms with Gasteiger partial charge in [-0.3, -0.25) is 9.59 Å². The number of carbonyl (C=O) groups excluding carboxylic acids is 1. The van der Waals surface area contributed by atoms with Crippen molar-refractivity contribution in [2.45, 2.75) is 39.2 Å². The highest BCUT2D eigenvalue weighted by molar-refractivity contribution is 5.86. The van der Waals surface area contributed by atoms with Crippen LogP contribution in [0.2, 0.25) is 0 Å². The van der Waals surface area contributed by atoms with E-state index in [2.05, 4.69) is 20.6 Å². The van der Waals surface area contributed by atoms with Gasteiger partial charge in [-0.15, -0.1) is 0 Å². The van der Waals surface area contributed by atoms with E-state index < -0.39 is 30.3 Å². The van der Waals surface area contributed by atoms with E-state index in [9.17, 15) is 14.4 Å². The van der Waals surface area contributed by atoms with Gasteiger partial charge in [-0.1, -0.05) is 0 Å². The Morgan fingerprint density at radius 3 is 2.30 bits per heavy atom. The molecule has 0 saturated carbocycles. The Bertz CT molecular complexity index is 570. The van der Waals surface area contributed by atoms with Gasteiger partial charge < -0.3 is 20.8 Å². The molecule has 1 heterocycles. The van der Waals surface area contributed by atoms with Gasteiger partial charge in [-0.05, 0) is 26.3 Å². The average Bonchev–Trinajstić information content (AvgIpc) is 2.41. The van der Waals surface area contributed by atoms with Crippen LogP contribution in [0.4, 0.5) is 5.95 Å². The Balaban J connectivity index is 2.35. The molecule has 0 fully saturated rings. The number of aromatic nitrogens is 2. The van der Waals surface area contributed by atoms with Gasteiger partial charge in [0.1, 0.15) is 6.04 Å². The maximum atomic E-state index is 11.6. The highest BCUT2D eigenvalue weighted by Gasteiger charge is 2.22. The summed E-state index contributed by atoms with van der Waals surface area (Å²) in [5.74, 6) is -2.70. The van der Waals surface area contributed by atoms with Crippen molar-refractivity contribution in [1.29, 1.82) is 0 Å². The molecule has 0 spiro atoms. The van der Waals surface area contributed by atoms with E-state index in [1.807, 2.05) is 19.9 Å². The first kappa shape index (κ1) is 18.3. The normalized spacial score (nSPS) is 11.6. The van der Waals surface area contributed by atoms with E-state index in [1.165, 1.54) is 0 Å². The van der Waals surface area contributed by atoms with Gasteiger partial charge in [0.05, 0.1) is 6.42 Å². The topological polar surface area (TPSA) is 142 Å². The predicted octanol–water partition coefficient (Wildman–Crippen LogP) is 0.330. The fourth-order valence-electron chi connectivity index (χ4n) is 1.90. The summed E-state index contributed by atoms with van der Waals surface area (Å²) in [4.78, 5) is 41.4. The monoisotopic (exact) mass is 324 g/mol. The number of aliphatic carboxylic acids is 2. The third kappa shape index (κ3) is 7.21. The summed E-state index contributed by atoms with van der Waals surface area (Å²) in [6.45, 7) is 4.14. The summed E-state index contributed by atoms with van der Waals surface area (Å²) in [6, 6.07) is 0.420. The molecule has 0 aliphatic heterocycles. The van der Waals surface area contributed by atoms with Gasteiger partial charge in [-0.2, -0.15) is 0 Å². The molecular formula is C14H20N4O5. The Hall–Kier alpha value is -2.71. The number of rotatable bonds is 9. The number of hydrogen-bond donors (Lipinski definition) is 4. The quantitative estimate of drug-likeness (QED) is 0.476. The number of aryl methyl sites for hydroxylation is 2. The number of carboxylic acids is 2. The lowest BCUT2D eigenvalue weighted by molar-refractivity contribution is -0.147. The van der Waals surface area contributed by atoms with Crippen molar-refractivity contribution in [3.8, 4) is 0 Å². The van der Waals surface area contributed by atoms with Crippen molar-refractivity contribution in [2.24, 2.45) is 0 Å². The average molecular weight is 324 g/mol. The van der Waals surface area contributed by atoms with Crippen LogP contribution in [0.5, 0.6) is 0 Å². The SMILES string of the molecule is Cc1cc(C)nc(NCCCC(=O)NC(CC(=O)O)C(=O)O)n1. The van der Waals surface area contributed by atoms with Crippen LogP contribution in [0.15, 0.2) is 6.07 Å². The molecule has 9 nitrogen and oxygen atoms in total. The van der Waals surface area contributed by atoms with E-state index in [0.29, 0.717) is 18.9 Å². The van der Waals surface area contributed by atoms with E-state index >= 15 is 0 Å². The summed E-state index contributed by atoms with van der Waals surface area (Å²) in [7, 11) is 0. The molecule has 1 unspecified atom stereocenters. The molecule has 9 heteroatoms. The van der Waals surface area contributed by atoms with Gasteiger partial charge in [0.15, 0.2) is 0 Å². The lowest BCUT2D eigenvalue weighted by atomic mass is 10.2. The highest BCUT2D eigenvalue weighted by atomic mass is 16.4. The van der Waals surface area contributed by atoms with Gasteiger partial charge in [0.25, 0.3) is 0 Å². The van der Waals surface area contributed by atoms with Crippen LogP contribution >= 0.6 is 0 Å². The lowest BCUT2D eigenvalue weighted by Crippen LogP contribution is -2.42. The third-order valence-electron chi connectivity index (χ3n) is 2.86. The van der Waals surface area contributed by atoms with Crippen molar-refractivity contribution in [3.05, 3.63) is 17.5 Å². The van der Waals surface area contributed by atoms with Crippen molar-refractivity contribution in [2.75, 3.05) is 11.9 Å². The highest BCUT2D eigenvalue weighted by Crippen LogP contribution is 2.04. The molecular weight excluding hydrogens is 304 g/mol. The summed E-state index contributed by atoms with van der Waals surface area (Å²) < 4.78 is 0. The Labute approximate surface area is 133 Å². The Kier molecular flexibility index (Phi) is 6.91. The summed E-state index contributed by atoms with van der Waals surface area (Å²) in [5.41, 5.74) is 1.66.